The quantitative estimate of drug-likeness (QED) is 0.829. The maximum atomic E-state index is 9.80. The van der Waals surface area contributed by atoms with E-state index < -0.39 is 0 Å². The average Bonchev–Trinajstić information content (AvgIpc) is 3.16. The van der Waals surface area contributed by atoms with Gasteiger partial charge in [-0.15, -0.1) is 0 Å². The fourth-order valence-corrected chi connectivity index (χ4v) is 4.56. The van der Waals surface area contributed by atoms with Crippen LogP contribution >= 0.6 is 0 Å². The number of ether oxygens (including phenoxy) is 1. The third-order valence-corrected chi connectivity index (χ3v) is 6.14. The van der Waals surface area contributed by atoms with Gasteiger partial charge in [0.15, 0.2) is 0 Å². The SMILES string of the molecule is Cc1ncc2c(n1)C1(CCN(c3nccc(N4CCC(O)C4)n3)CC1)OCC2. The van der Waals surface area contributed by atoms with Crippen molar-refractivity contribution in [1.82, 2.24) is 19.9 Å². The molecule has 5 heterocycles. The first-order valence-corrected chi connectivity index (χ1v) is 10.1. The summed E-state index contributed by atoms with van der Waals surface area (Å²) in [5.41, 5.74) is 1.98. The lowest BCUT2D eigenvalue weighted by atomic mass is 9.83. The molecule has 1 unspecified atom stereocenters. The van der Waals surface area contributed by atoms with Gasteiger partial charge >= 0.3 is 0 Å². The molecule has 2 aromatic rings. The number of rotatable bonds is 2. The van der Waals surface area contributed by atoms with Crippen molar-refractivity contribution >= 4 is 11.8 Å². The molecule has 8 heteroatoms. The molecule has 3 aliphatic rings. The van der Waals surface area contributed by atoms with Crippen LogP contribution in [0.15, 0.2) is 18.5 Å². The Kier molecular flexibility index (Phi) is 4.40. The van der Waals surface area contributed by atoms with E-state index in [1.165, 1.54) is 5.56 Å². The van der Waals surface area contributed by atoms with E-state index in [0.717, 1.165) is 75.2 Å². The summed E-state index contributed by atoms with van der Waals surface area (Å²) in [6.45, 7) is 5.80. The summed E-state index contributed by atoms with van der Waals surface area (Å²) in [5, 5.41) is 9.80. The van der Waals surface area contributed by atoms with E-state index in [9.17, 15) is 5.11 Å². The van der Waals surface area contributed by atoms with Crippen molar-refractivity contribution in [2.45, 2.75) is 44.3 Å². The Balaban J connectivity index is 1.34. The molecule has 0 amide bonds. The topological polar surface area (TPSA) is 87.5 Å². The van der Waals surface area contributed by atoms with E-state index in [2.05, 4.69) is 19.8 Å². The highest BCUT2D eigenvalue weighted by molar-refractivity contribution is 5.45. The van der Waals surface area contributed by atoms with Gasteiger partial charge < -0.3 is 19.6 Å². The maximum absolute atomic E-state index is 9.80. The van der Waals surface area contributed by atoms with E-state index in [0.29, 0.717) is 6.54 Å². The number of β-amino-alcohol motifs (C(OH)–C–C–N with tert-alkyl or cyclic N) is 1. The number of hydrogen-bond acceptors (Lipinski definition) is 8. The molecule has 5 rings (SSSR count). The third-order valence-electron chi connectivity index (χ3n) is 6.14. The van der Waals surface area contributed by atoms with Gasteiger partial charge in [0.25, 0.3) is 0 Å². The van der Waals surface area contributed by atoms with Crippen LogP contribution in [0, 0.1) is 6.92 Å². The summed E-state index contributed by atoms with van der Waals surface area (Å²) in [5.74, 6) is 2.45. The highest BCUT2D eigenvalue weighted by Crippen LogP contribution is 2.40. The monoisotopic (exact) mass is 382 g/mol. The lowest BCUT2D eigenvalue weighted by Gasteiger charge is -2.44. The molecule has 0 bridgehead atoms. The summed E-state index contributed by atoms with van der Waals surface area (Å²) < 4.78 is 6.30. The number of aliphatic hydroxyl groups is 1. The molecule has 1 N–H and O–H groups in total. The molecule has 3 aliphatic heterocycles. The van der Waals surface area contributed by atoms with Crippen LogP contribution in [0.1, 0.15) is 36.3 Å². The molecular formula is C20H26N6O2. The lowest BCUT2D eigenvalue weighted by molar-refractivity contribution is -0.0804. The van der Waals surface area contributed by atoms with Crippen LogP contribution in [-0.4, -0.2) is 63.9 Å². The second kappa shape index (κ2) is 6.93. The maximum Gasteiger partial charge on any atom is 0.227 e. The number of anilines is 2. The first-order chi connectivity index (χ1) is 13.6. The van der Waals surface area contributed by atoms with Gasteiger partial charge in [0.1, 0.15) is 17.2 Å². The predicted octanol–water partition coefficient (Wildman–Crippen LogP) is 1.21. The Hall–Kier alpha value is -2.32. The van der Waals surface area contributed by atoms with Crippen LogP contribution in [0.3, 0.4) is 0 Å². The van der Waals surface area contributed by atoms with Crippen molar-refractivity contribution in [2.75, 3.05) is 42.6 Å². The standard InChI is InChI=1S/C20H26N6O2/c1-14-22-12-15-4-11-28-20(18(15)23-14)5-9-25(10-6-20)19-21-7-2-17(24-19)26-8-3-16(27)13-26/h2,7,12,16,27H,3-6,8-11,13H2,1H3. The molecule has 148 valence electrons. The minimum atomic E-state index is -0.311. The van der Waals surface area contributed by atoms with Crippen molar-refractivity contribution in [3.63, 3.8) is 0 Å². The second-order valence-electron chi connectivity index (χ2n) is 7.97. The van der Waals surface area contributed by atoms with Crippen molar-refractivity contribution < 1.29 is 9.84 Å². The highest BCUT2D eigenvalue weighted by Gasteiger charge is 2.43. The fourth-order valence-electron chi connectivity index (χ4n) is 4.56. The molecule has 2 saturated heterocycles. The van der Waals surface area contributed by atoms with Gasteiger partial charge in [-0.1, -0.05) is 0 Å². The molecule has 0 aromatic carbocycles. The van der Waals surface area contributed by atoms with E-state index in [4.69, 9.17) is 14.7 Å². The predicted molar refractivity (Wildman–Crippen MR) is 104 cm³/mol. The minimum absolute atomic E-state index is 0.262. The first kappa shape index (κ1) is 17.8. The molecule has 0 aliphatic carbocycles. The molecule has 0 saturated carbocycles. The van der Waals surface area contributed by atoms with Crippen LogP contribution < -0.4 is 9.80 Å². The second-order valence-corrected chi connectivity index (χ2v) is 7.97. The van der Waals surface area contributed by atoms with Crippen molar-refractivity contribution in [2.24, 2.45) is 0 Å². The number of nitrogens with zero attached hydrogens (tertiary/aromatic N) is 6. The normalized spacial score (nSPS) is 23.9. The molecular weight excluding hydrogens is 356 g/mol. The zero-order valence-electron chi connectivity index (χ0n) is 16.2. The van der Waals surface area contributed by atoms with Gasteiger partial charge in [0.05, 0.1) is 18.4 Å². The number of aliphatic hydroxyl groups excluding tert-OH is 1. The zero-order valence-corrected chi connectivity index (χ0v) is 16.2. The van der Waals surface area contributed by atoms with E-state index in [1.54, 1.807) is 0 Å². The summed E-state index contributed by atoms with van der Waals surface area (Å²) >= 11 is 0. The lowest BCUT2D eigenvalue weighted by Crippen LogP contribution is -2.47. The van der Waals surface area contributed by atoms with E-state index in [1.807, 2.05) is 25.4 Å². The number of aromatic nitrogens is 4. The third kappa shape index (κ3) is 3.10. The molecule has 0 radical (unpaired) electrons. The van der Waals surface area contributed by atoms with Gasteiger partial charge in [0, 0.05) is 38.6 Å². The molecule has 1 atom stereocenters. The highest BCUT2D eigenvalue weighted by atomic mass is 16.5. The summed E-state index contributed by atoms with van der Waals surface area (Å²) in [7, 11) is 0. The number of hydrogen-bond donors (Lipinski definition) is 1. The Labute approximate surface area is 164 Å². The Morgan fingerprint density at radius 2 is 2.00 bits per heavy atom. The number of piperidine rings is 1. The van der Waals surface area contributed by atoms with Crippen LogP contribution in [0.5, 0.6) is 0 Å². The Bertz CT molecular complexity index is 868. The molecule has 1 spiro atoms. The van der Waals surface area contributed by atoms with Gasteiger partial charge in [-0.05, 0) is 44.2 Å². The molecule has 2 aromatic heterocycles. The van der Waals surface area contributed by atoms with Crippen LogP contribution in [0.4, 0.5) is 11.8 Å². The summed E-state index contributed by atoms with van der Waals surface area (Å²) in [6, 6.07) is 1.92. The molecule has 28 heavy (non-hydrogen) atoms. The van der Waals surface area contributed by atoms with Gasteiger partial charge in [0.2, 0.25) is 5.95 Å². The number of aryl methyl sites for hydroxylation is 1. The number of fused-ring (bicyclic) bond motifs is 2. The van der Waals surface area contributed by atoms with E-state index in [-0.39, 0.29) is 11.7 Å². The minimum Gasteiger partial charge on any atom is -0.391 e. The fraction of sp³-hybridized carbons (Fsp3) is 0.600. The van der Waals surface area contributed by atoms with Crippen molar-refractivity contribution in [3.05, 3.63) is 35.5 Å². The largest absolute Gasteiger partial charge is 0.391 e. The molecule has 8 nitrogen and oxygen atoms in total. The van der Waals surface area contributed by atoms with Crippen molar-refractivity contribution in [3.8, 4) is 0 Å². The van der Waals surface area contributed by atoms with E-state index >= 15 is 0 Å². The van der Waals surface area contributed by atoms with Crippen LogP contribution in [-0.2, 0) is 16.8 Å². The Morgan fingerprint density at radius 3 is 2.79 bits per heavy atom. The van der Waals surface area contributed by atoms with Crippen LogP contribution in [0.25, 0.3) is 0 Å². The van der Waals surface area contributed by atoms with Crippen molar-refractivity contribution in [1.29, 1.82) is 0 Å². The zero-order chi connectivity index (χ0) is 19.1. The Morgan fingerprint density at radius 1 is 1.14 bits per heavy atom. The smallest absolute Gasteiger partial charge is 0.227 e. The summed E-state index contributed by atoms with van der Waals surface area (Å²) in [4.78, 5) is 22.7. The average molecular weight is 382 g/mol. The first-order valence-electron chi connectivity index (χ1n) is 10.1. The summed E-state index contributed by atoms with van der Waals surface area (Å²) in [6.07, 6.45) is 6.93. The van der Waals surface area contributed by atoms with Gasteiger partial charge in [-0.2, -0.15) is 4.98 Å². The van der Waals surface area contributed by atoms with Gasteiger partial charge in [-0.25, -0.2) is 15.0 Å². The van der Waals surface area contributed by atoms with Gasteiger partial charge in [-0.3, -0.25) is 0 Å². The van der Waals surface area contributed by atoms with Crippen LogP contribution in [0.2, 0.25) is 0 Å². The molecule has 2 fully saturated rings.